The molecule has 0 aromatic heterocycles. The Bertz CT molecular complexity index is 486. The van der Waals surface area contributed by atoms with Crippen molar-refractivity contribution in [3.63, 3.8) is 0 Å². The van der Waals surface area contributed by atoms with E-state index in [1.807, 2.05) is 23.1 Å². The number of nitrogens with zero attached hydrogens (tertiary/aromatic N) is 2. The van der Waals surface area contributed by atoms with Gasteiger partial charge in [-0.15, -0.1) is 0 Å². The maximum atomic E-state index is 12.5. The maximum absolute atomic E-state index is 12.5. The lowest BCUT2D eigenvalue weighted by Crippen LogP contribution is -2.46. The van der Waals surface area contributed by atoms with Crippen LogP contribution in [0.3, 0.4) is 0 Å². The molecule has 2 aliphatic rings. The molecule has 3 rings (SSSR count). The Kier molecular flexibility index (Phi) is 2.74. The minimum atomic E-state index is 0.114. The number of fused-ring (bicyclic) bond motifs is 1. The van der Waals surface area contributed by atoms with Gasteiger partial charge in [0.05, 0.1) is 5.56 Å². The van der Waals surface area contributed by atoms with Crippen LogP contribution in [0.5, 0.6) is 0 Å². The molecule has 0 bridgehead atoms. The molecule has 2 aliphatic heterocycles. The van der Waals surface area contributed by atoms with Gasteiger partial charge in [-0.25, -0.2) is 0 Å². The smallest absolute Gasteiger partial charge is 0.256 e. The average Bonchev–Trinajstić information content (AvgIpc) is 2.68. The van der Waals surface area contributed by atoms with E-state index in [0.717, 1.165) is 43.6 Å². The second kappa shape index (κ2) is 4.28. The van der Waals surface area contributed by atoms with E-state index in [9.17, 15) is 4.79 Å². The molecule has 1 saturated heterocycles. The van der Waals surface area contributed by atoms with Crippen LogP contribution in [0.4, 0.5) is 5.69 Å². The number of likely N-dealkylation sites (N-methyl/N-ethyl adjacent to an activating group) is 1. The lowest BCUT2D eigenvalue weighted by Gasteiger charge is -2.35. The number of piperidine rings is 1. The number of likely N-dealkylation sites (tertiary alicyclic amines) is 1. The maximum Gasteiger partial charge on any atom is 0.256 e. The molecule has 2 N–H and O–H groups in total. The molecule has 1 aromatic rings. The second-order valence-corrected chi connectivity index (χ2v) is 5.37. The molecule has 1 fully saturated rings. The van der Waals surface area contributed by atoms with Crippen LogP contribution in [0.2, 0.25) is 0 Å². The third-order valence-electron chi connectivity index (χ3n) is 4.04. The summed E-state index contributed by atoms with van der Waals surface area (Å²) in [6.07, 6.45) is 2.26. The molecule has 18 heavy (non-hydrogen) atoms. The summed E-state index contributed by atoms with van der Waals surface area (Å²) in [7, 11) is 2.12. The lowest BCUT2D eigenvalue weighted by molar-refractivity contribution is 0.0599. The molecule has 1 aromatic carbocycles. The van der Waals surface area contributed by atoms with Gasteiger partial charge < -0.3 is 15.5 Å². The van der Waals surface area contributed by atoms with E-state index < -0.39 is 0 Å². The van der Waals surface area contributed by atoms with Crippen molar-refractivity contribution in [3.05, 3.63) is 29.3 Å². The Morgan fingerprint density at radius 1 is 1.39 bits per heavy atom. The number of carbonyl (C=O) groups is 1. The quantitative estimate of drug-likeness (QED) is 0.759. The van der Waals surface area contributed by atoms with Crippen molar-refractivity contribution in [1.29, 1.82) is 0 Å². The highest BCUT2D eigenvalue weighted by Crippen LogP contribution is 2.30. The van der Waals surface area contributed by atoms with E-state index in [1.54, 1.807) is 0 Å². The third kappa shape index (κ3) is 1.77. The van der Waals surface area contributed by atoms with Gasteiger partial charge in [0, 0.05) is 24.8 Å². The number of amides is 1. The molecule has 1 amide bonds. The number of nitrogen functional groups attached to an aromatic ring is 1. The predicted molar refractivity (Wildman–Crippen MR) is 71.2 cm³/mol. The number of carbonyl (C=O) groups excluding carboxylic acids is 1. The first-order valence-corrected chi connectivity index (χ1v) is 6.53. The van der Waals surface area contributed by atoms with Gasteiger partial charge in [0.25, 0.3) is 5.91 Å². The molecule has 0 radical (unpaired) electrons. The first-order valence-electron chi connectivity index (χ1n) is 6.53. The third-order valence-corrected chi connectivity index (χ3v) is 4.04. The number of nitrogens with two attached hydrogens (primary N) is 1. The van der Waals surface area contributed by atoms with Crippen molar-refractivity contribution < 1.29 is 4.79 Å². The monoisotopic (exact) mass is 245 g/mol. The fraction of sp³-hybridized carbons (Fsp3) is 0.500. The van der Waals surface area contributed by atoms with Crippen LogP contribution < -0.4 is 5.73 Å². The molecule has 0 aliphatic carbocycles. The van der Waals surface area contributed by atoms with Crippen molar-refractivity contribution in [2.45, 2.75) is 25.4 Å². The zero-order valence-electron chi connectivity index (χ0n) is 10.7. The van der Waals surface area contributed by atoms with E-state index in [0.29, 0.717) is 11.7 Å². The Morgan fingerprint density at radius 3 is 2.94 bits per heavy atom. The average molecular weight is 245 g/mol. The lowest BCUT2D eigenvalue weighted by atomic mass is 10.0. The summed E-state index contributed by atoms with van der Waals surface area (Å²) in [5.41, 5.74) is 8.34. The van der Waals surface area contributed by atoms with Crippen LogP contribution >= 0.6 is 0 Å². The summed E-state index contributed by atoms with van der Waals surface area (Å²) >= 11 is 0. The zero-order valence-corrected chi connectivity index (χ0v) is 10.7. The molecule has 1 unspecified atom stereocenters. The fourth-order valence-corrected chi connectivity index (χ4v) is 3.10. The molecule has 0 saturated carbocycles. The largest absolute Gasteiger partial charge is 0.398 e. The normalized spacial score (nSPS) is 24.4. The minimum absolute atomic E-state index is 0.114. The Hall–Kier alpha value is -1.55. The van der Waals surface area contributed by atoms with Crippen molar-refractivity contribution in [2.24, 2.45) is 0 Å². The van der Waals surface area contributed by atoms with Crippen molar-refractivity contribution >= 4 is 11.6 Å². The van der Waals surface area contributed by atoms with Crippen molar-refractivity contribution in [1.82, 2.24) is 9.80 Å². The van der Waals surface area contributed by atoms with Crippen LogP contribution in [-0.2, 0) is 6.54 Å². The van der Waals surface area contributed by atoms with E-state index in [1.165, 1.54) is 0 Å². The van der Waals surface area contributed by atoms with Crippen molar-refractivity contribution in [2.75, 3.05) is 25.9 Å². The van der Waals surface area contributed by atoms with Crippen LogP contribution in [-0.4, -0.2) is 41.9 Å². The Balaban J connectivity index is 1.86. The fourth-order valence-electron chi connectivity index (χ4n) is 3.10. The highest BCUT2D eigenvalue weighted by molar-refractivity contribution is 6.03. The van der Waals surface area contributed by atoms with Gasteiger partial charge in [0.1, 0.15) is 0 Å². The first kappa shape index (κ1) is 11.5. The number of benzene rings is 1. The van der Waals surface area contributed by atoms with E-state index in [4.69, 9.17) is 5.73 Å². The number of anilines is 1. The summed E-state index contributed by atoms with van der Waals surface area (Å²) in [6.45, 7) is 2.82. The molecule has 96 valence electrons. The van der Waals surface area contributed by atoms with E-state index in [-0.39, 0.29) is 5.91 Å². The zero-order chi connectivity index (χ0) is 12.7. The van der Waals surface area contributed by atoms with Crippen LogP contribution in [0.1, 0.15) is 28.8 Å². The van der Waals surface area contributed by atoms with Crippen molar-refractivity contribution in [3.8, 4) is 0 Å². The topological polar surface area (TPSA) is 49.6 Å². The minimum Gasteiger partial charge on any atom is -0.398 e. The first-order chi connectivity index (χ1) is 8.66. The molecule has 4 nitrogen and oxygen atoms in total. The van der Waals surface area contributed by atoms with Crippen LogP contribution in [0, 0.1) is 0 Å². The Labute approximate surface area is 107 Å². The molecule has 1 atom stereocenters. The Morgan fingerprint density at radius 2 is 2.22 bits per heavy atom. The summed E-state index contributed by atoms with van der Waals surface area (Å²) in [4.78, 5) is 16.7. The van der Waals surface area contributed by atoms with E-state index >= 15 is 0 Å². The van der Waals surface area contributed by atoms with Crippen LogP contribution in [0.25, 0.3) is 0 Å². The highest BCUT2D eigenvalue weighted by atomic mass is 16.2. The molecule has 2 heterocycles. The van der Waals surface area contributed by atoms with Gasteiger partial charge >= 0.3 is 0 Å². The standard InChI is InChI=1S/C14H19N3O/c1-16-7-3-5-11(9-16)17-8-10-4-2-6-12(15)13(10)14(17)18/h2,4,6,11H,3,5,7-9,15H2,1H3. The summed E-state index contributed by atoms with van der Waals surface area (Å²) in [5.74, 6) is 0.114. The van der Waals surface area contributed by atoms with Crippen LogP contribution in [0.15, 0.2) is 18.2 Å². The molecule has 0 spiro atoms. The molecule has 4 heteroatoms. The predicted octanol–water partition coefficient (Wildman–Crippen LogP) is 1.32. The van der Waals surface area contributed by atoms with Gasteiger partial charge in [-0.3, -0.25) is 4.79 Å². The summed E-state index contributed by atoms with van der Waals surface area (Å²) < 4.78 is 0. The van der Waals surface area contributed by atoms with E-state index in [2.05, 4.69) is 11.9 Å². The number of hydrogen-bond acceptors (Lipinski definition) is 3. The van der Waals surface area contributed by atoms with Gasteiger partial charge in [-0.1, -0.05) is 12.1 Å². The number of hydrogen-bond donors (Lipinski definition) is 1. The van der Waals surface area contributed by atoms with Gasteiger partial charge in [0.2, 0.25) is 0 Å². The molecular weight excluding hydrogens is 226 g/mol. The number of rotatable bonds is 1. The van der Waals surface area contributed by atoms with Gasteiger partial charge in [0.15, 0.2) is 0 Å². The summed E-state index contributed by atoms with van der Waals surface area (Å²) in [5, 5.41) is 0. The summed E-state index contributed by atoms with van der Waals surface area (Å²) in [6, 6.07) is 6.09. The highest BCUT2D eigenvalue weighted by Gasteiger charge is 2.35. The van der Waals surface area contributed by atoms with Gasteiger partial charge in [-0.05, 0) is 38.1 Å². The second-order valence-electron chi connectivity index (χ2n) is 5.37. The van der Waals surface area contributed by atoms with Gasteiger partial charge in [-0.2, -0.15) is 0 Å². The molecular formula is C14H19N3O. The SMILES string of the molecule is CN1CCCC(N2Cc3cccc(N)c3C2=O)C1.